The fraction of sp³-hybridized carbons (Fsp3) is 0.533. The number of carbonyl (C=O) groups excluding carboxylic acids is 1. The fourth-order valence-electron chi connectivity index (χ4n) is 2.88. The van der Waals surface area contributed by atoms with Crippen molar-refractivity contribution in [1.82, 2.24) is 24.5 Å². The van der Waals surface area contributed by atoms with Crippen molar-refractivity contribution < 1.29 is 14.7 Å². The molecule has 8 nitrogen and oxygen atoms in total. The summed E-state index contributed by atoms with van der Waals surface area (Å²) >= 11 is 0. The van der Waals surface area contributed by atoms with E-state index in [0.717, 1.165) is 11.4 Å². The summed E-state index contributed by atoms with van der Waals surface area (Å²) < 4.78 is 1.61. The maximum absolute atomic E-state index is 12.4. The van der Waals surface area contributed by atoms with E-state index in [1.807, 2.05) is 19.9 Å². The summed E-state index contributed by atoms with van der Waals surface area (Å²) in [6.45, 7) is 6.13. The molecule has 3 rings (SSSR count). The molecule has 0 bridgehead atoms. The average Bonchev–Trinajstić information content (AvgIpc) is 3.03. The Labute approximate surface area is 133 Å². The molecule has 2 aromatic rings. The number of hydrogen-bond donors (Lipinski definition) is 1. The second-order valence-corrected chi connectivity index (χ2v) is 6.39. The van der Waals surface area contributed by atoms with Crippen LogP contribution in [-0.4, -0.2) is 54.6 Å². The van der Waals surface area contributed by atoms with E-state index in [1.54, 1.807) is 16.3 Å². The second-order valence-electron chi connectivity index (χ2n) is 6.39. The van der Waals surface area contributed by atoms with E-state index < -0.39 is 11.4 Å². The number of aromatic nitrogens is 4. The van der Waals surface area contributed by atoms with E-state index >= 15 is 0 Å². The van der Waals surface area contributed by atoms with Crippen LogP contribution in [-0.2, 0) is 16.0 Å². The SMILES string of the molecule is Cc1cc(C)n2nc(CC(=O)N3CC[C@@](C)(C(=O)O)C3)nc2n1. The normalized spacial score (nSPS) is 21.1. The molecule has 1 N–H and O–H groups in total. The summed E-state index contributed by atoms with van der Waals surface area (Å²) in [6.07, 6.45) is 0.518. The predicted molar refractivity (Wildman–Crippen MR) is 80.9 cm³/mol. The molecule has 1 saturated heterocycles. The third-order valence-corrected chi connectivity index (χ3v) is 4.31. The van der Waals surface area contributed by atoms with E-state index in [-0.39, 0.29) is 18.9 Å². The zero-order valence-corrected chi connectivity index (χ0v) is 13.4. The lowest BCUT2D eigenvalue weighted by Crippen LogP contribution is -2.35. The van der Waals surface area contributed by atoms with Crippen molar-refractivity contribution in [2.24, 2.45) is 5.41 Å². The number of carbonyl (C=O) groups is 2. The van der Waals surface area contributed by atoms with E-state index in [1.165, 1.54) is 0 Å². The van der Waals surface area contributed by atoms with Crippen LogP contribution in [0, 0.1) is 19.3 Å². The van der Waals surface area contributed by atoms with Gasteiger partial charge in [-0.2, -0.15) is 4.98 Å². The Bertz CT molecular complexity index is 800. The van der Waals surface area contributed by atoms with Gasteiger partial charge in [0, 0.05) is 24.5 Å². The molecule has 23 heavy (non-hydrogen) atoms. The fourth-order valence-corrected chi connectivity index (χ4v) is 2.88. The van der Waals surface area contributed by atoms with Gasteiger partial charge in [0.2, 0.25) is 5.91 Å². The highest BCUT2D eigenvalue weighted by Crippen LogP contribution is 2.30. The van der Waals surface area contributed by atoms with Crippen LogP contribution in [0.15, 0.2) is 6.07 Å². The quantitative estimate of drug-likeness (QED) is 0.890. The minimum Gasteiger partial charge on any atom is -0.481 e. The molecule has 8 heteroatoms. The molecule has 1 atom stereocenters. The minimum absolute atomic E-state index is 0.0531. The summed E-state index contributed by atoms with van der Waals surface area (Å²) in [6, 6.07) is 1.89. The summed E-state index contributed by atoms with van der Waals surface area (Å²) in [4.78, 5) is 33.8. The van der Waals surface area contributed by atoms with Crippen molar-refractivity contribution in [2.45, 2.75) is 33.6 Å². The lowest BCUT2D eigenvalue weighted by atomic mass is 9.90. The average molecular weight is 317 g/mol. The Morgan fingerprint density at radius 2 is 2.09 bits per heavy atom. The van der Waals surface area contributed by atoms with Crippen molar-refractivity contribution in [3.8, 4) is 0 Å². The number of aliphatic carboxylic acids is 1. The molecule has 1 fully saturated rings. The van der Waals surface area contributed by atoms with Crippen LogP contribution < -0.4 is 0 Å². The highest BCUT2D eigenvalue weighted by molar-refractivity contribution is 5.81. The Kier molecular flexibility index (Phi) is 3.54. The number of rotatable bonds is 3. The first kappa shape index (κ1) is 15.4. The predicted octanol–water partition coefficient (Wildman–Crippen LogP) is 0.607. The van der Waals surface area contributed by atoms with Crippen LogP contribution >= 0.6 is 0 Å². The van der Waals surface area contributed by atoms with Gasteiger partial charge in [0.05, 0.1) is 11.8 Å². The van der Waals surface area contributed by atoms with Crippen LogP contribution in [0.4, 0.5) is 0 Å². The van der Waals surface area contributed by atoms with E-state index in [0.29, 0.717) is 24.6 Å². The number of likely N-dealkylation sites (tertiary alicyclic amines) is 1. The molecule has 0 aromatic carbocycles. The van der Waals surface area contributed by atoms with Gasteiger partial charge in [-0.3, -0.25) is 9.59 Å². The lowest BCUT2D eigenvalue weighted by molar-refractivity contribution is -0.147. The molecule has 0 spiro atoms. The first-order valence-corrected chi connectivity index (χ1v) is 7.49. The maximum Gasteiger partial charge on any atom is 0.311 e. The van der Waals surface area contributed by atoms with E-state index in [4.69, 9.17) is 0 Å². The number of amides is 1. The molecule has 0 unspecified atom stereocenters. The molecule has 1 amide bonds. The van der Waals surface area contributed by atoms with E-state index in [2.05, 4.69) is 15.1 Å². The zero-order chi connectivity index (χ0) is 16.8. The van der Waals surface area contributed by atoms with Crippen molar-refractivity contribution in [3.63, 3.8) is 0 Å². The molecule has 0 aliphatic carbocycles. The van der Waals surface area contributed by atoms with Crippen LogP contribution in [0.25, 0.3) is 5.78 Å². The Morgan fingerprint density at radius 1 is 1.35 bits per heavy atom. The van der Waals surface area contributed by atoms with Gasteiger partial charge in [-0.25, -0.2) is 9.50 Å². The second kappa shape index (κ2) is 5.29. The van der Waals surface area contributed by atoms with Gasteiger partial charge < -0.3 is 10.0 Å². The summed E-state index contributed by atoms with van der Waals surface area (Å²) in [5, 5.41) is 13.6. The highest BCUT2D eigenvalue weighted by Gasteiger charge is 2.42. The van der Waals surface area contributed by atoms with Crippen molar-refractivity contribution in [1.29, 1.82) is 0 Å². The van der Waals surface area contributed by atoms with Gasteiger partial charge in [-0.1, -0.05) is 0 Å². The Balaban J connectivity index is 1.76. The molecule has 2 aromatic heterocycles. The number of aryl methyl sites for hydroxylation is 2. The first-order chi connectivity index (χ1) is 10.8. The Hall–Kier alpha value is -2.51. The number of carboxylic acid groups (broad SMARTS) is 1. The third kappa shape index (κ3) is 2.76. The largest absolute Gasteiger partial charge is 0.481 e. The summed E-state index contributed by atoms with van der Waals surface area (Å²) in [7, 11) is 0. The molecule has 122 valence electrons. The van der Waals surface area contributed by atoms with Crippen molar-refractivity contribution in [2.75, 3.05) is 13.1 Å². The molecule has 0 saturated carbocycles. The molecular formula is C15H19N5O3. The van der Waals surface area contributed by atoms with Gasteiger partial charge in [0.15, 0.2) is 5.82 Å². The number of fused-ring (bicyclic) bond motifs is 1. The van der Waals surface area contributed by atoms with Crippen LogP contribution in [0.3, 0.4) is 0 Å². The van der Waals surface area contributed by atoms with Crippen LogP contribution in [0.2, 0.25) is 0 Å². The van der Waals surface area contributed by atoms with Gasteiger partial charge in [-0.05, 0) is 33.3 Å². The standard InChI is InChI=1S/C15H19N5O3/c1-9-6-10(2)20-14(16-9)17-11(18-20)7-12(21)19-5-4-15(3,8-19)13(22)23/h6H,4-5,7-8H2,1-3H3,(H,22,23)/t15-/m1/s1. The van der Waals surface area contributed by atoms with Gasteiger partial charge in [-0.15, -0.1) is 5.10 Å². The van der Waals surface area contributed by atoms with Gasteiger partial charge in [0.1, 0.15) is 0 Å². The van der Waals surface area contributed by atoms with E-state index in [9.17, 15) is 14.7 Å². The molecule has 1 aliphatic heterocycles. The number of hydrogen-bond acceptors (Lipinski definition) is 5. The minimum atomic E-state index is -0.867. The monoisotopic (exact) mass is 317 g/mol. The first-order valence-electron chi connectivity index (χ1n) is 7.49. The van der Waals surface area contributed by atoms with Crippen molar-refractivity contribution in [3.05, 3.63) is 23.3 Å². The summed E-state index contributed by atoms with van der Waals surface area (Å²) in [5.74, 6) is -0.142. The smallest absolute Gasteiger partial charge is 0.311 e. The zero-order valence-electron chi connectivity index (χ0n) is 13.4. The number of carboxylic acids is 1. The van der Waals surface area contributed by atoms with Crippen molar-refractivity contribution >= 4 is 17.7 Å². The topological polar surface area (TPSA) is 101 Å². The molecule has 1 aliphatic rings. The Morgan fingerprint density at radius 3 is 2.74 bits per heavy atom. The molecular weight excluding hydrogens is 298 g/mol. The van der Waals surface area contributed by atoms with Crippen LogP contribution in [0.1, 0.15) is 30.6 Å². The lowest BCUT2D eigenvalue weighted by Gasteiger charge is -2.19. The van der Waals surface area contributed by atoms with Gasteiger partial charge >= 0.3 is 5.97 Å². The number of nitrogens with zero attached hydrogens (tertiary/aromatic N) is 5. The van der Waals surface area contributed by atoms with Gasteiger partial charge in [0.25, 0.3) is 5.78 Å². The van der Waals surface area contributed by atoms with Crippen LogP contribution in [0.5, 0.6) is 0 Å². The third-order valence-electron chi connectivity index (χ3n) is 4.31. The highest BCUT2D eigenvalue weighted by atomic mass is 16.4. The summed E-state index contributed by atoms with van der Waals surface area (Å²) in [5.41, 5.74) is 0.882. The maximum atomic E-state index is 12.4. The molecule has 0 radical (unpaired) electrons. The molecule has 3 heterocycles.